The maximum Gasteiger partial charge on any atom is 0.433 e. The van der Waals surface area contributed by atoms with Crippen LogP contribution in [-0.4, -0.2) is 28.7 Å². The van der Waals surface area contributed by atoms with Gasteiger partial charge in [-0.05, 0) is 37.6 Å². The minimum atomic E-state index is -0.848. The third-order valence-electron chi connectivity index (χ3n) is 5.95. The lowest BCUT2D eigenvalue weighted by Gasteiger charge is -2.26. The molecular formula is C28H23N3O7S. The second kappa shape index (κ2) is 10.9. The van der Waals surface area contributed by atoms with Gasteiger partial charge in [0, 0.05) is 11.6 Å². The van der Waals surface area contributed by atoms with Gasteiger partial charge in [-0.3, -0.25) is 19.5 Å². The van der Waals surface area contributed by atoms with E-state index in [0.29, 0.717) is 34.0 Å². The number of furan rings is 1. The molecule has 0 amide bonds. The first-order valence-corrected chi connectivity index (χ1v) is 13.0. The fourth-order valence-corrected chi connectivity index (χ4v) is 5.30. The molecule has 1 atom stereocenters. The first kappa shape index (κ1) is 25.9. The number of carbonyl (C=O) groups excluding carboxylic acids is 1. The second-order valence-corrected chi connectivity index (χ2v) is 9.38. The SMILES string of the molecule is CCOC(=O)C1=C(c2ccccc2)N=c2sc(=Cc3ccc([N+](=O)[O-])o3)c(=O)n2C1c1ccc(OCC)cc1. The van der Waals surface area contributed by atoms with Gasteiger partial charge >= 0.3 is 11.9 Å². The van der Waals surface area contributed by atoms with Gasteiger partial charge in [-0.25, -0.2) is 9.79 Å². The molecule has 0 fully saturated rings. The van der Waals surface area contributed by atoms with Gasteiger partial charge in [-0.2, -0.15) is 0 Å². The van der Waals surface area contributed by atoms with Crippen LogP contribution in [-0.2, 0) is 9.53 Å². The van der Waals surface area contributed by atoms with Crippen LogP contribution in [0.15, 0.2) is 86.5 Å². The number of carbonyl (C=O) groups is 1. The van der Waals surface area contributed by atoms with Crippen molar-refractivity contribution in [1.29, 1.82) is 0 Å². The molecule has 1 unspecified atom stereocenters. The molecule has 0 radical (unpaired) electrons. The third-order valence-corrected chi connectivity index (χ3v) is 6.93. The Kier molecular flexibility index (Phi) is 7.24. The van der Waals surface area contributed by atoms with Gasteiger partial charge in [0.2, 0.25) is 0 Å². The first-order chi connectivity index (χ1) is 18.9. The molecule has 1 aliphatic rings. The molecule has 1 aliphatic heterocycles. The van der Waals surface area contributed by atoms with Crippen molar-refractivity contribution >= 4 is 35.0 Å². The van der Waals surface area contributed by atoms with Crippen LogP contribution in [0.4, 0.5) is 5.88 Å². The van der Waals surface area contributed by atoms with E-state index in [1.807, 2.05) is 37.3 Å². The Morgan fingerprint density at radius 2 is 1.85 bits per heavy atom. The zero-order valence-electron chi connectivity index (χ0n) is 21.0. The number of nitrogens with zero attached hydrogens (tertiary/aromatic N) is 3. The van der Waals surface area contributed by atoms with E-state index < -0.39 is 28.4 Å². The average Bonchev–Trinajstić information content (AvgIpc) is 3.54. The Labute approximate surface area is 225 Å². The van der Waals surface area contributed by atoms with Crippen molar-refractivity contribution in [3.8, 4) is 5.75 Å². The van der Waals surface area contributed by atoms with Crippen LogP contribution in [0.3, 0.4) is 0 Å². The first-order valence-electron chi connectivity index (χ1n) is 12.2. The van der Waals surface area contributed by atoms with Crippen molar-refractivity contribution in [2.45, 2.75) is 19.9 Å². The lowest BCUT2D eigenvalue weighted by Crippen LogP contribution is -2.40. The lowest BCUT2D eigenvalue weighted by atomic mass is 9.93. The van der Waals surface area contributed by atoms with Gasteiger partial charge in [-0.15, -0.1) is 0 Å². The van der Waals surface area contributed by atoms with Gasteiger partial charge in [0.15, 0.2) is 4.80 Å². The number of hydrogen-bond acceptors (Lipinski definition) is 9. The maximum absolute atomic E-state index is 13.8. The van der Waals surface area contributed by atoms with Crippen LogP contribution in [0.5, 0.6) is 5.75 Å². The van der Waals surface area contributed by atoms with Crippen molar-refractivity contribution in [2.75, 3.05) is 13.2 Å². The van der Waals surface area contributed by atoms with E-state index in [2.05, 4.69) is 0 Å². The van der Waals surface area contributed by atoms with Gasteiger partial charge < -0.3 is 13.9 Å². The number of benzene rings is 2. The van der Waals surface area contributed by atoms with Gasteiger partial charge in [0.1, 0.15) is 16.4 Å². The highest BCUT2D eigenvalue weighted by molar-refractivity contribution is 7.07. The zero-order chi connectivity index (χ0) is 27.5. The minimum Gasteiger partial charge on any atom is -0.494 e. The molecule has 39 heavy (non-hydrogen) atoms. The number of hydrogen-bond donors (Lipinski definition) is 0. The highest BCUT2D eigenvalue weighted by Crippen LogP contribution is 2.35. The molecule has 0 aliphatic carbocycles. The van der Waals surface area contributed by atoms with E-state index in [0.717, 1.165) is 11.3 Å². The second-order valence-electron chi connectivity index (χ2n) is 8.37. The van der Waals surface area contributed by atoms with Gasteiger partial charge in [0.25, 0.3) is 5.56 Å². The van der Waals surface area contributed by atoms with E-state index in [9.17, 15) is 19.7 Å². The number of thiazole rings is 1. The number of nitro groups is 1. The summed E-state index contributed by atoms with van der Waals surface area (Å²) in [4.78, 5) is 42.8. The van der Waals surface area contributed by atoms with E-state index in [-0.39, 0.29) is 22.5 Å². The molecule has 0 bridgehead atoms. The third kappa shape index (κ3) is 5.04. The molecule has 0 saturated carbocycles. The summed E-state index contributed by atoms with van der Waals surface area (Å²) >= 11 is 1.10. The Morgan fingerprint density at radius 3 is 2.49 bits per heavy atom. The quantitative estimate of drug-likeness (QED) is 0.187. The number of esters is 1. The molecule has 11 heteroatoms. The number of fused-ring (bicyclic) bond motifs is 1. The van der Waals surface area contributed by atoms with E-state index in [1.165, 1.54) is 22.8 Å². The molecule has 2 aromatic carbocycles. The summed E-state index contributed by atoms with van der Waals surface area (Å²) in [5.41, 5.74) is 1.54. The Hall–Kier alpha value is -4.77. The summed E-state index contributed by atoms with van der Waals surface area (Å²) in [7, 11) is 0. The lowest BCUT2D eigenvalue weighted by molar-refractivity contribution is -0.402. The van der Waals surface area contributed by atoms with Crippen LogP contribution in [0.1, 0.15) is 36.8 Å². The molecule has 198 valence electrons. The van der Waals surface area contributed by atoms with Crippen molar-refractivity contribution < 1.29 is 23.6 Å². The smallest absolute Gasteiger partial charge is 0.433 e. The van der Waals surface area contributed by atoms with Crippen molar-refractivity contribution in [1.82, 2.24) is 4.57 Å². The largest absolute Gasteiger partial charge is 0.494 e. The minimum absolute atomic E-state index is 0.141. The van der Waals surface area contributed by atoms with E-state index >= 15 is 0 Å². The fourth-order valence-electron chi connectivity index (χ4n) is 4.32. The molecule has 0 saturated heterocycles. The number of aromatic nitrogens is 1. The molecule has 0 N–H and O–H groups in total. The van der Waals surface area contributed by atoms with Crippen LogP contribution < -0.4 is 19.6 Å². The normalized spacial score (nSPS) is 15.0. The summed E-state index contributed by atoms with van der Waals surface area (Å²) in [5.74, 6) is -0.220. The molecule has 10 nitrogen and oxygen atoms in total. The van der Waals surface area contributed by atoms with Crippen molar-refractivity contribution in [2.24, 2.45) is 4.99 Å². The monoisotopic (exact) mass is 545 g/mol. The summed E-state index contributed by atoms with van der Waals surface area (Å²) in [6.45, 7) is 4.23. The molecular weight excluding hydrogens is 522 g/mol. The van der Waals surface area contributed by atoms with E-state index in [4.69, 9.17) is 18.9 Å². The highest BCUT2D eigenvalue weighted by Gasteiger charge is 2.35. The zero-order valence-corrected chi connectivity index (χ0v) is 21.8. The predicted octanol–water partition coefficient (Wildman–Crippen LogP) is 3.84. The van der Waals surface area contributed by atoms with Crippen LogP contribution >= 0.6 is 11.3 Å². The molecule has 3 heterocycles. The predicted molar refractivity (Wildman–Crippen MR) is 144 cm³/mol. The maximum atomic E-state index is 13.8. The summed E-state index contributed by atoms with van der Waals surface area (Å²) in [5, 5.41) is 11.0. The highest BCUT2D eigenvalue weighted by atomic mass is 32.1. The standard InChI is InChI=1S/C28H23N3O7S/c1-3-36-19-12-10-18(11-13-19)25-23(27(33)37-4-2)24(17-8-6-5-7-9-17)29-28-30(25)26(32)21(39-28)16-20-14-15-22(38-20)31(34)35/h5-16,25H,3-4H2,1-2H3. The topological polar surface area (TPSA) is 126 Å². The van der Waals surface area contributed by atoms with Crippen LogP contribution in [0.25, 0.3) is 11.8 Å². The van der Waals surface area contributed by atoms with Crippen molar-refractivity contribution in [3.05, 3.63) is 119 Å². The summed E-state index contributed by atoms with van der Waals surface area (Å²) < 4.78 is 18.0. The molecule has 4 aromatic rings. The average molecular weight is 546 g/mol. The van der Waals surface area contributed by atoms with Gasteiger partial charge in [-0.1, -0.05) is 53.8 Å². The number of rotatable bonds is 8. The Bertz CT molecular complexity index is 1750. The summed E-state index contributed by atoms with van der Waals surface area (Å²) in [6.07, 6.45) is 1.43. The molecule has 0 spiro atoms. The van der Waals surface area contributed by atoms with Gasteiger partial charge in [0.05, 0.1) is 41.1 Å². The number of ether oxygens (including phenoxy) is 2. The molecule has 5 rings (SSSR count). The Morgan fingerprint density at radius 1 is 1.10 bits per heavy atom. The molecule has 2 aromatic heterocycles. The summed E-state index contributed by atoms with van der Waals surface area (Å²) in [6, 6.07) is 18.2. The van der Waals surface area contributed by atoms with Crippen molar-refractivity contribution in [3.63, 3.8) is 0 Å². The fraction of sp³-hybridized carbons (Fsp3) is 0.179. The van der Waals surface area contributed by atoms with Crippen LogP contribution in [0.2, 0.25) is 0 Å². The Balaban J connectivity index is 1.78. The van der Waals surface area contributed by atoms with Crippen LogP contribution in [0, 0.1) is 10.1 Å². The van der Waals surface area contributed by atoms with E-state index in [1.54, 1.807) is 31.2 Å².